The van der Waals surface area contributed by atoms with Crippen molar-refractivity contribution in [3.05, 3.63) is 71.3 Å². The lowest BCUT2D eigenvalue weighted by Gasteiger charge is -2.20. The highest BCUT2D eigenvalue weighted by Crippen LogP contribution is 2.38. The minimum atomic E-state index is -3.15. The molecular weight excluding hydrogens is 539 g/mol. The SMILES string of the molecule is CC(C)CCOc1ccc(-c2nn(-c3ccccc3)cc2/C=C2\SC(=S)N(C3CCS(=O)(=O)C3)C2=O)cc1. The van der Waals surface area contributed by atoms with Crippen molar-refractivity contribution in [1.29, 1.82) is 0 Å². The number of hydrogen-bond donors (Lipinski definition) is 0. The second kappa shape index (κ2) is 11.0. The number of thioether (sulfide) groups is 1. The van der Waals surface area contributed by atoms with Gasteiger partial charge in [0.1, 0.15) is 10.1 Å². The third kappa shape index (κ3) is 5.87. The molecule has 1 aromatic heterocycles. The Hall–Kier alpha value is -2.95. The smallest absolute Gasteiger partial charge is 0.266 e. The lowest BCUT2D eigenvalue weighted by atomic mass is 10.1. The van der Waals surface area contributed by atoms with Crippen molar-refractivity contribution in [2.45, 2.75) is 32.7 Å². The molecule has 2 aliphatic rings. The zero-order valence-electron chi connectivity index (χ0n) is 21.2. The maximum absolute atomic E-state index is 13.3. The molecule has 1 atom stereocenters. The van der Waals surface area contributed by atoms with Gasteiger partial charge in [-0.25, -0.2) is 13.1 Å². The highest BCUT2D eigenvalue weighted by molar-refractivity contribution is 8.26. The largest absolute Gasteiger partial charge is 0.494 e. The Labute approximate surface area is 232 Å². The van der Waals surface area contributed by atoms with E-state index in [1.54, 1.807) is 10.8 Å². The van der Waals surface area contributed by atoms with E-state index in [0.717, 1.165) is 34.7 Å². The van der Waals surface area contributed by atoms with Gasteiger partial charge in [-0.2, -0.15) is 5.10 Å². The molecule has 1 unspecified atom stereocenters. The quantitative estimate of drug-likeness (QED) is 0.268. The van der Waals surface area contributed by atoms with Crippen LogP contribution >= 0.6 is 24.0 Å². The maximum atomic E-state index is 13.3. The van der Waals surface area contributed by atoms with Crippen molar-refractivity contribution in [2.24, 2.45) is 5.92 Å². The number of amides is 1. The number of rotatable bonds is 8. The van der Waals surface area contributed by atoms with Crippen LogP contribution in [0.1, 0.15) is 32.3 Å². The fourth-order valence-electron chi connectivity index (χ4n) is 4.47. The molecule has 2 fully saturated rings. The molecular formula is C28H29N3O4S3. The summed E-state index contributed by atoms with van der Waals surface area (Å²) in [5.41, 5.74) is 3.27. The van der Waals surface area contributed by atoms with Crippen LogP contribution in [0.5, 0.6) is 5.75 Å². The summed E-state index contributed by atoms with van der Waals surface area (Å²) in [7, 11) is -3.15. The van der Waals surface area contributed by atoms with Crippen LogP contribution in [0.2, 0.25) is 0 Å². The molecule has 0 bridgehead atoms. The van der Waals surface area contributed by atoms with Gasteiger partial charge in [-0.1, -0.05) is 56.0 Å². The van der Waals surface area contributed by atoms with E-state index < -0.39 is 15.9 Å². The zero-order valence-corrected chi connectivity index (χ0v) is 23.7. The third-order valence-electron chi connectivity index (χ3n) is 6.54. The molecule has 38 heavy (non-hydrogen) atoms. The summed E-state index contributed by atoms with van der Waals surface area (Å²) >= 11 is 6.70. The molecule has 10 heteroatoms. The average Bonchev–Trinajstić information content (AvgIpc) is 3.55. The van der Waals surface area contributed by atoms with Gasteiger partial charge in [0.05, 0.1) is 40.4 Å². The molecule has 7 nitrogen and oxygen atoms in total. The van der Waals surface area contributed by atoms with E-state index >= 15 is 0 Å². The summed E-state index contributed by atoms with van der Waals surface area (Å²) in [5.74, 6) is 1.15. The monoisotopic (exact) mass is 567 g/mol. The Bertz CT molecular complexity index is 1480. The number of ether oxygens (including phenoxy) is 1. The Morgan fingerprint density at radius 3 is 2.55 bits per heavy atom. The van der Waals surface area contributed by atoms with Gasteiger partial charge in [0.25, 0.3) is 5.91 Å². The lowest BCUT2D eigenvalue weighted by Crippen LogP contribution is -2.39. The second-order valence-corrected chi connectivity index (χ2v) is 13.8. The molecule has 2 saturated heterocycles. The van der Waals surface area contributed by atoms with Gasteiger partial charge in [0.15, 0.2) is 9.84 Å². The maximum Gasteiger partial charge on any atom is 0.266 e. The number of sulfone groups is 1. The molecule has 2 aliphatic heterocycles. The molecule has 5 rings (SSSR count). The normalized spacial score (nSPS) is 20.1. The van der Waals surface area contributed by atoms with E-state index in [2.05, 4.69) is 13.8 Å². The van der Waals surface area contributed by atoms with Crippen molar-refractivity contribution in [1.82, 2.24) is 14.7 Å². The van der Waals surface area contributed by atoms with E-state index in [1.165, 1.54) is 16.7 Å². The Kier molecular flexibility index (Phi) is 7.74. The lowest BCUT2D eigenvalue weighted by molar-refractivity contribution is -0.123. The van der Waals surface area contributed by atoms with Crippen LogP contribution in [-0.2, 0) is 14.6 Å². The molecule has 1 amide bonds. The molecule has 198 valence electrons. The predicted octanol–water partition coefficient (Wildman–Crippen LogP) is 5.35. The zero-order chi connectivity index (χ0) is 26.9. The average molecular weight is 568 g/mol. The van der Waals surface area contributed by atoms with E-state index in [-0.39, 0.29) is 17.4 Å². The molecule has 0 N–H and O–H groups in total. The van der Waals surface area contributed by atoms with Crippen molar-refractivity contribution in [2.75, 3.05) is 18.1 Å². The van der Waals surface area contributed by atoms with Crippen LogP contribution < -0.4 is 4.74 Å². The summed E-state index contributed by atoms with van der Waals surface area (Å²) in [4.78, 5) is 15.3. The molecule has 3 heterocycles. The highest BCUT2D eigenvalue weighted by atomic mass is 32.2. The van der Waals surface area contributed by atoms with Crippen LogP contribution in [0.25, 0.3) is 23.0 Å². The standard InChI is InChI=1S/C28H29N3O4S3/c1-19(2)12-14-35-24-10-8-20(9-11-24)26-21(17-30(29-26)22-6-4-3-5-7-22)16-25-27(32)31(28(36)37-25)23-13-15-38(33,34)18-23/h3-11,16-17,19,23H,12-15,18H2,1-2H3/b25-16-. The Morgan fingerprint density at radius 2 is 1.89 bits per heavy atom. The number of carbonyl (C=O) groups is 1. The van der Waals surface area contributed by atoms with Crippen molar-refractivity contribution in [3.63, 3.8) is 0 Å². The first-order chi connectivity index (χ1) is 18.2. The first kappa shape index (κ1) is 26.6. The summed E-state index contributed by atoms with van der Waals surface area (Å²) < 4.78 is 32.1. The predicted molar refractivity (Wildman–Crippen MR) is 156 cm³/mol. The number of carbonyl (C=O) groups excluding carboxylic acids is 1. The number of nitrogens with zero attached hydrogens (tertiary/aromatic N) is 3. The van der Waals surface area contributed by atoms with Crippen LogP contribution in [-0.4, -0.2) is 57.5 Å². The Morgan fingerprint density at radius 1 is 1.16 bits per heavy atom. The Balaban J connectivity index is 1.46. The van der Waals surface area contributed by atoms with Gasteiger partial charge < -0.3 is 4.74 Å². The summed E-state index contributed by atoms with van der Waals surface area (Å²) in [6.07, 6.45) is 5.09. The molecule has 3 aromatic rings. The summed E-state index contributed by atoms with van der Waals surface area (Å²) in [5, 5.41) is 4.85. The van der Waals surface area contributed by atoms with E-state index in [9.17, 15) is 13.2 Å². The molecule has 0 radical (unpaired) electrons. The van der Waals surface area contributed by atoms with Crippen molar-refractivity contribution < 1.29 is 17.9 Å². The van der Waals surface area contributed by atoms with Crippen LogP contribution in [0.4, 0.5) is 0 Å². The topological polar surface area (TPSA) is 81.5 Å². The van der Waals surface area contributed by atoms with Crippen LogP contribution in [0.3, 0.4) is 0 Å². The molecule has 0 spiro atoms. The minimum absolute atomic E-state index is 0.0461. The van der Waals surface area contributed by atoms with Gasteiger partial charge in [-0.3, -0.25) is 9.69 Å². The summed E-state index contributed by atoms with van der Waals surface area (Å²) in [6, 6.07) is 17.2. The number of aromatic nitrogens is 2. The third-order valence-corrected chi connectivity index (χ3v) is 9.62. The number of hydrogen-bond acceptors (Lipinski definition) is 7. The van der Waals surface area contributed by atoms with E-state index in [4.69, 9.17) is 22.1 Å². The number of benzene rings is 2. The van der Waals surface area contributed by atoms with Gasteiger partial charge in [-0.05, 0) is 61.2 Å². The van der Waals surface area contributed by atoms with Crippen LogP contribution in [0.15, 0.2) is 65.7 Å². The highest BCUT2D eigenvalue weighted by Gasteiger charge is 2.42. The molecule has 2 aromatic carbocycles. The van der Waals surface area contributed by atoms with Gasteiger partial charge in [0.2, 0.25) is 0 Å². The fourth-order valence-corrected chi connectivity index (χ4v) is 7.56. The molecule has 0 saturated carbocycles. The van der Waals surface area contributed by atoms with E-state index in [0.29, 0.717) is 28.2 Å². The van der Waals surface area contributed by atoms with E-state index in [1.807, 2.05) is 60.8 Å². The first-order valence-electron chi connectivity index (χ1n) is 12.6. The first-order valence-corrected chi connectivity index (χ1v) is 15.6. The fraction of sp³-hybridized carbons (Fsp3) is 0.321. The second-order valence-electron chi connectivity index (χ2n) is 9.88. The van der Waals surface area contributed by atoms with Crippen LogP contribution in [0, 0.1) is 5.92 Å². The summed E-state index contributed by atoms with van der Waals surface area (Å²) in [6.45, 7) is 5.00. The van der Waals surface area contributed by atoms with Crippen molar-refractivity contribution >= 4 is 50.1 Å². The molecule has 0 aliphatic carbocycles. The van der Waals surface area contributed by atoms with Crippen molar-refractivity contribution in [3.8, 4) is 22.7 Å². The minimum Gasteiger partial charge on any atom is -0.494 e. The van der Waals surface area contributed by atoms with Gasteiger partial charge in [-0.15, -0.1) is 0 Å². The van der Waals surface area contributed by atoms with Gasteiger partial charge in [0, 0.05) is 17.3 Å². The number of thiocarbonyl (C=S) groups is 1. The van der Waals surface area contributed by atoms with Gasteiger partial charge >= 0.3 is 0 Å². The number of para-hydroxylation sites is 1.